The van der Waals surface area contributed by atoms with Gasteiger partial charge in [-0.25, -0.2) is 18.1 Å². The number of fused-ring (bicyclic) bond motifs is 1. The van der Waals surface area contributed by atoms with Crippen LogP contribution in [0.1, 0.15) is 18.9 Å². The highest BCUT2D eigenvalue weighted by Crippen LogP contribution is 2.27. The normalized spacial score (nSPS) is 17.1. The largest absolute Gasteiger partial charge is 0.305 e. The number of nitrogens with zero attached hydrogens (tertiary/aromatic N) is 4. The molecule has 8 nitrogen and oxygen atoms in total. The van der Waals surface area contributed by atoms with Crippen LogP contribution in [-0.2, 0) is 16.4 Å². The number of hydrogen-bond donors (Lipinski definition) is 1. The Hall–Kier alpha value is -1.98. The first-order chi connectivity index (χ1) is 16.1. The molecule has 0 spiro atoms. The van der Waals surface area contributed by atoms with E-state index >= 15 is 0 Å². The van der Waals surface area contributed by atoms with E-state index in [1.165, 1.54) is 29.2 Å². The number of aromatic nitrogens is 2. The fourth-order valence-corrected chi connectivity index (χ4v) is 5.82. The lowest BCUT2D eigenvalue weighted by Crippen LogP contribution is -2.31. The third kappa shape index (κ3) is 5.16. The minimum absolute atomic E-state index is 0.0732. The third-order valence-corrected chi connectivity index (χ3v) is 8.96. The van der Waals surface area contributed by atoms with Crippen molar-refractivity contribution in [2.75, 3.05) is 38.4 Å². The molecule has 0 aliphatic carbocycles. The number of hydrogen-bond acceptors (Lipinski definition) is 7. The molecular weight excluding hydrogens is 542 g/mol. The molecule has 1 aliphatic heterocycles. The molecule has 1 aliphatic rings. The Morgan fingerprint density at radius 2 is 2.03 bits per heavy atom. The second-order valence-electron chi connectivity index (χ2n) is 8.68. The van der Waals surface area contributed by atoms with Crippen LogP contribution in [0.3, 0.4) is 0 Å². The van der Waals surface area contributed by atoms with Gasteiger partial charge in [0.25, 0.3) is 5.56 Å². The van der Waals surface area contributed by atoms with Gasteiger partial charge < -0.3 is 4.90 Å². The van der Waals surface area contributed by atoms with Crippen LogP contribution in [0.15, 0.2) is 50.8 Å². The Bertz CT molecular complexity index is 1390. The van der Waals surface area contributed by atoms with E-state index < -0.39 is 9.84 Å². The summed E-state index contributed by atoms with van der Waals surface area (Å²) in [4.78, 5) is 22.4. The van der Waals surface area contributed by atoms with Crippen molar-refractivity contribution in [1.29, 1.82) is 0 Å². The van der Waals surface area contributed by atoms with E-state index in [1.807, 2.05) is 6.07 Å². The summed E-state index contributed by atoms with van der Waals surface area (Å²) in [5.41, 5.74) is 4.40. The predicted octanol–water partition coefficient (Wildman–Crippen LogP) is 3.62. The fraction of sp³-hybridized carbons (Fsp3) is 0.391. The van der Waals surface area contributed by atoms with Gasteiger partial charge in [-0.1, -0.05) is 34.5 Å². The standard InChI is InChI=1S/C23H27BrClN5O3S/c1-4-34(32,33)22-6-5-16(25)10-21(22)27-30-14-26-20-9-15(19(24)11-18(20)23(30)31)12-29-8-7-17(13-29)28(2)3/h5-6,9-11,14,17,27H,4,7-8,12-13H2,1-3H3/t17-/m0/s1. The molecule has 1 saturated heterocycles. The van der Waals surface area contributed by atoms with E-state index in [0.717, 1.165) is 36.1 Å². The highest BCUT2D eigenvalue weighted by atomic mass is 79.9. The second kappa shape index (κ2) is 9.94. The Labute approximate surface area is 212 Å². The molecule has 2 aromatic carbocycles. The predicted molar refractivity (Wildman–Crippen MR) is 139 cm³/mol. The number of rotatable bonds is 7. The first kappa shape index (κ1) is 25.1. The van der Waals surface area contributed by atoms with E-state index in [1.54, 1.807) is 13.0 Å². The number of sulfone groups is 1. The summed E-state index contributed by atoms with van der Waals surface area (Å²) < 4.78 is 27.0. The average molecular weight is 569 g/mol. The van der Waals surface area contributed by atoms with Gasteiger partial charge in [0.15, 0.2) is 9.84 Å². The molecule has 0 unspecified atom stereocenters. The van der Waals surface area contributed by atoms with Crippen molar-refractivity contribution in [3.63, 3.8) is 0 Å². The zero-order chi connectivity index (χ0) is 24.6. The molecule has 1 aromatic heterocycles. The van der Waals surface area contributed by atoms with Crippen molar-refractivity contribution < 1.29 is 8.42 Å². The maximum atomic E-state index is 13.2. The van der Waals surface area contributed by atoms with Gasteiger partial charge in [0.05, 0.1) is 27.2 Å². The van der Waals surface area contributed by atoms with Crippen molar-refractivity contribution in [3.05, 3.63) is 62.1 Å². The molecule has 182 valence electrons. The quantitative estimate of drug-likeness (QED) is 0.466. The van der Waals surface area contributed by atoms with Gasteiger partial charge in [-0.05, 0) is 56.4 Å². The monoisotopic (exact) mass is 567 g/mol. The summed E-state index contributed by atoms with van der Waals surface area (Å²) in [5.74, 6) is -0.0732. The van der Waals surface area contributed by atoms with Crippen LogP contribution >= 0.6 is 27.5 Å². The van der Waals surface area contributed by atoms with Crippen LogP contribution in [0.25, 0.3) is 10.9 Å². The molecule has 0 bridgehead atoms. The molecular formula is C23H27BrClN5O3S. The molecule has 1 fully saturated rings. The van der Waals surface area contributed by atoms with Crippen molar-refractivity contribution in [2.24, 2.45) is 0 Å². The van der Waals surface area contributed by atoms with Crippen molar-refractivity contribution >= 4 is 54.0 Å². The summed E-state index contributed by atoms with van der Waals surface area (Å²) in [6.45, 7) is 4.36. The van der Waals surface area contributed by atoms with Crippen LogP contribution in [0, 0.1) is 0 Å². The molecule has 11 heteroatoms. The number of anilines is 1. The van der Waals surface area contributed by atoms with Gasteiger partial charge in [0, 0.05) is 35.2 Å². The molecule has 3 aromatic rings. The molecule has 0 amide bonds. The Morgan fingerprint density at radius 3 is 2.71 bits per heavy atom. The summed E-state index contributed by atoms with van der Waals surface area (Å²) in [5, 5.41) is 0.769. The van der Waals surface area contributed by atoms with Crippen molar-refractivity contribution in [2.45, 2.75) is 30.8 Å². The molecule has 34 heavy (non-hydrogen) atoms. The maximum Gasteiger partial charge on any atom is 0.280 e. The lowest BCUT2D eigenvalue weighted by molar-refractivity contribution is 0.264. The van der Waals surface area contributed by atoms with E-state index in [9.17, 15) is 13.2 Å². The number of likely N-dealkylation sites (tertiary alicyclic amines) is 1. The molecule has 1 N–H and O–H groups in total. The average Bonchev–Trinajstić information content (AvgIpc) is 3.26. The Kier molecular flexibility index (Phi) is 7.35. The van der Waals surface area contributed by atoms with E-state index in [0.29, 0.717) is 22.0 Å². The van der Waals surface area contributed by atoms with E-state index in [2.05, 4.69) is 50.2 Å². The minimum atomic E-state index is -3.53. The number of likely N-dealkylation sites (N-methyl/N-ethyl adjacent to an activating group) is 1. The Morgan fingerprint density at radius 1 is 1.26 bits per heavy atom. The topological polar surface area (TPSA) is 87.5 Å². The second-order valence-corrected chi connectivity index (χ2v) is 12.2. The zero-order valence-corrected chi connectivity index (χ0v) is 22.4. The van der Waals surface area contributed by atoms with Gasteiger partial charge in [-0.2, -0.15) is 0 Å². The molecule has 1 atom stereocenters. The van der Waals surface area contributed by atoms with Crippen molar-refractivity contribution in [3.8, 4) is 0 Å². The summed E-state index contributed by atoms with van der Waals surface area (Å²) >= 11 is 9.72. The molecule has 4 rings (SSSR count). The number of halogens is 2. The van der Waals surface area contributed by atoms with E-state index in [-0.39, 0.29) is 21.9 Å². The number of benzene rings is 2. The molecule has 2 heterocycles. The summed E-state index contributed by atoms with van der Waals surface area (Å²) in [6, 6.07) is 8.68. The highest BCUT2D eigenvalue weighted by Gasteiger charge is 2.24. The van der Waals surface area contributed by atoms with Crippen LogP contribution in [0.4, 0.5) is 5.69 Å². The first-order valence-corrected chi connectivity index (χ1v) is 13.8. The van der Waals surface area contributed by atoms with Gasteiger partial charge in [-0.3, -0.25) is 15.1 Å². The minimum Gasteiger partial charge on any atom is -0.305 e. The van der Waals surface area contributed by atoms with Gasteiger partial charge >= 0.3 is 0 Å². The molecule has 0 saturated carbocycles. The van der Waals surface area contributed by atoms with Crippen molar-refractivity contribution in [1.82, 2.24) is 19.5 Å². The van der Waals surface area contributed by atoms with Crippen LogP contribution < -0.4 is 11.0 Å². The van der Waals surface area contributed by atoms with Gasteiger partial charge in [0.1, 0.15) is 6.33 Å². The molecule has 0 radical (unpaired) electrons. The first-order valence-electron chi connectivity index (χ1n) is 11.0. The van der Waals surface area contributed by atoms with Crippen LogP contribution in [0.2, 0.25) is 5.02 Å². The lowest BCUT2D eigenvalue weighted by Gasteiger charge is -2.21. The summed E-state index contributed by atoms with van der Waals surface area (Å²) in [7, 11) is 0.682. The van der Waals surface area contributed by atoms with Crippen LogP contribution in [0.5, 0.6) is 0 Å². The van der Waals surface area contributed by atoms with Gasteiger partial charge in [0.2, 0.25) is 0 Å². The Balaban J connectivity index is 1.65. The van der Waals surface area contributed by atoms with Gasteiger partial charge in [-0.15, -0.1) is 0 Å². The zero-order valence-electron chi connectivity index (χ0n) is 19.3. The maximum absolute atomic E-state index is 13.2. The lowest BCUT2D eigenvalue weighted by atomic mass is 10.1. The van der Waals surface area contributed by atoms with E-state index in [4.69, 9.17) is 11.6 Å². The van der Waals surface area contributed by atoms with Crippen LogP contribution in [-0.4, -0.2) is 66.9 Å². The number of nitrogens with one attached hydrogen (secondary N) is 1. The highest BCUT2D eigenvalue weighted by molar-refractivity contribution is 9.10. The smallest absolute Gasteiger partial charge is 0.280 e. The summed E-state index contributed by atoms with van der Waals surface area (Å²) in [6.07, 6.45) is 2.50. The SMILES string of the molecule is CCS(=O)(=O)c1ccc(Cl)cc1Nn1cnc2cc(CN3CC[C@H](N(C)C)C3)c(Br)cc2c1=O. The third-order valence-electron chi connectivity index (χ3n) is 6.20. The fourth-order valence-electron chi connectivity index (χ4n) is 4.15.